The molecule has 9 heteroatoms. The number of hydrogen-bond donors (Lipinski definition) is 1. The Morgan fingerprint density at radius 1 is 0.636 bits per heavy atom. The lowest BCUT2D eigenvalue weighted by atomic mass is 9.96. The standard InChI is InChI=1S/C35H46O9/c1-25(24-36)21-28-5-7-29(8-6-28)26(2)34(37)43-19-17-41-15-13-40-14-16-42-18-20-44-35(38)27(3)30-9-10-32-23-33(39-4)12-11-31(32)22-30/h5-12,22-23,25-27,36H,13-21,24H2,1-4H3. The number of esters is 2. The monoisotopic (exact) mass is 610 g/mol. The minimum absolute atomic E-state index is 0.152. The number of aliphatic hydroxyl groups excluding tert-OH is 1. The van der Waals surface area contributed by atoms with Crippen molar-refractivity contribution in [3.63, 3.8) is 0 Å². The first-order valence-electron chi connectivity index (χ1n) is 15.2. The second-order valence-electron chi connectivity index (χ2n) is 10.8. The lowest BCUT2D eigenvalue weighted by Gasteiger charge is -2.14. The van der Waals surface area contributed by atoms with E-state index in [9.17, 15) is 14.7 Å². The zero-order valence-electron chi connectivity index (χ0n) is 26.3. The first-order valence-corrected chi connectivity index (χ1v) is 15.2. The van der Waals surface area contributed by atoms with E-state index in [0.29, 0.717) is 26.4 Å². The SMILES string of the molecule is COc1ccc2cc(C(C)C(=O)OCCOCCOCCOCCOC(=O)C(C)c3ccc(CC(C)CO)cc3)ccc2c1. The van der Waals surface area contributed by atoms with Gasteiger partial charge in [-0.05, 0) is 65.8 Å². The largest absolute Gasteiger partial charge is 0.497 e. The fourth-order valence-electron chi connectivity index (χ4n) is 4.51. The molecule has 0 spiro atoms. The van der Waals surface area contributed by atoms with E-state index in [-0.39, 0.29) is 62.7 Å². The summed E-state index contributed by atoms with van der Waals surface area (Å²) < 4.78 is 32.4. The molecule has 9 nitrogen and oxygen atoms in total. The molecule has 0 saturated heterocycles. The van der Waals surface area contributed by atoms with Crippen LogP contribution < -0.4 is 4.74 Å². The highest BCUT2D eigenvalue weighted by Crippen LogP contribution is 2.26. The molecule has 0 fully saturated rings. The third kappa shape index (κ3) is 11.5. The average Bonchev–Trinajstić information content (AvgIpc) is 3.05. The van der Waals surface area contributed by atoms with E-state index in [1.165, 1.54) is 0 Å². The Balaban J connectivity index is 1.17. The van der Waals surface area contributed by atoms with Gasteiger partial charge >= 0.3 is 11.9 Å². The summed E-state index contributed by atoms with van der Waals surface area (Å²) in [6.45, 7) is 8.23. The Kier molecular flexibility index (Phi) is 15.1. The Labute approximate surface area is 260 Å². The number of fused-ring (bicyclic) bond motifs is 1. The van der Waals surface area contributed by atoms with Crippen LogP contribution in [0.15, 0.2) is 60.7 Å². The van der Waals surface area contributed by atoms with Gasteiger partial charge in [0, 0.05) is 6.61 Å². The van der Waals surface area contributed by atoms with Gasteiger partial charge in [0.2, 0.25) is 0 Å². The second-order valence-corrected chi connectivity index (χ2v) is 10.8. The maximum atomic E-state index is 12.5. The highest BCUT2D eigenvalue weighted by Gasteiger charge is 2.18. The minimum atomic E-state index is -0.388. The molecule has 0 aliphatic heterocycles. The van der Waals surface area contributed by atoms with Gasteiger partial charge in [-0.3, -0.25) is 9.59 Å². The summed E-state index contributed by atoms with van der Waals surface area (Å²) in [5, 5.41) is 11.3. The van der Waals surface area contributed by atoms with E-state index >= 15 is 0 Å². The van der Waals surface area contributed by atoms with Crippen molar-refractivity contribution in [3.05, 3.63) is 77.4 Å². The fourth-order valence-corrected chi connectivity index (χ4v) is 4.51. The topological polar surface area (TPSA) is 110 Å². The number of ether oxygens (including phenoxy) is 6. The summed E-state index contributed by atoms with van der Waals surface area (Å²) >= 11 is 0. The van der Waals surface area contributed by atoms with Crippen molar-refractivity contribution >= 4 is 22.7 Å². The molecule has 0 bridgehead atoms. The third-order valence-electron chi connectivity index (χ3n) is 7.34. The van der Waals surface area contributed by atoms with Gasteiger partial charge in [0.1, 0.15) is 19.0 Å². The van der Waals surface area contributed by atoms with Crippen LogP contribution in [0.5, 0.6) is 5.75 Å². The summed E-state index contributed by atoms with van der Waals surface area (Å²) in [5.74, 6) is -0.357. The molecule has 0 aromatic heterocycles. The number of aliphatic hydroxyl groups is 1. The van der Waals surface area contributed by atoms with Crippen LogP contribution in [0.4, 0.5) is 0 Å². The summed E-state index contributed by atoms with van der Waals surface area (Å²) in [5.41, 5.74) is 2.91. The molecule has 1 N–H and O–H groups in total. The Morgan fingerprint density at radius 2 is 1.11 bits per heavy atom. The van der Waals surface area contributed by atoms with Gasteiger partial charge in [-0.15, -0.1) is 0 Å². The lowest BCUT2D eigenvalue weighted by molar-refractivity contribution is -0.147. The van der Waals surface area contributed by atoms with Gasteiger partial charge in [-0.1, -0.05) is 55.5 Å². The van der Waals surface area contributed by atoms with E-state index in [2.05, 4.69) is 0 Å². The fraction of sp³-hybridized carbons (Fsp3) is 0.486. The first-order chi connectivity index (χ1) is 21.3. The van der Waals surface area contributed by atoms with Crippen molar-refractivity contribution in [2.24, 2.45) is 5.92 Å². The van der Waals surface area contributed by atoms with Crippen LogP contribution in [0.25, 0.3) is 10.8 Å². The highest BCUT2D eigenvalue weighted by molar-refractivity contribution is 5.86. The molecule has 0 radical (unpaired) electrons. The molecular formula is C35H46O9. The number of rotatable bonds is 20. The minimum Gasteiger partial charge on any atom is -0.497 e. The lowest BCUT2D eigenvalue weighted by Crippen LogP contribution is -2.18. The van der Waals surface area contributed by atoms with Crippen molar-refractivity contribution < 1.29 is 43.1 Å². The predicted molar refractivity (Wildman–Crippen MR) is 168 cm³/mol. The number of carbonyl (C=O) groups is 2. The smallest absolute Gasteiger partial charge is 0.313 e. The molecule has 44 heavy (non-hydrogen) atoms. The number of hydrogen-bond acceptors (Lipinski definition) is 9. The molecule has 240 valence electrons. The van der Waals surface area contributed by atoms with Crippen LogP contribution in [-0.4, -0.2) is 83.6 Å². The van der Waals surface area contributed by atoms with Crippen molar-refractivity contribution in [1.29, 1.82) is 0 Å². The van der Waals surface area contributed by atoms with Crippen LogP contribution >= 0.6 is 0 Å². The van der Waals surface area contributed by atoms with Gasteiger partial charge in [-0.25, -0.2) is 0 Å². The van der Waals surface area contributed by atoms with E-state index in [0.717, 1.165) is 39.6 Å². The third-order valence-corrected chi connectivity index (χ3v) is 7.34. The van der Waals surface area contributed by atoms with E-state index in [1.807, 2.05) is 81.4 Å². The zero-order valence-corrected chi connectivity index (χ0v) is 26.3. The van der Waals surface area contributed by atoms with Crippen molar-refractivity contribution in [2.45, 2.75) is 39.0 Å². The number of benzene rings is 3. The molecule has 0 aliphatic rings. The Hall–Kier alpha value is -3.50. The van der Waals surface area contributed by atoms with Gasteiger partial charge in [0.15, 0.2) is 0 Å². The van der Waals surface area contributed by atoms with Crippen LogP contribution in [0.2, 0.25) is 0 Å². The molecule has 0 heterocycles. The maximum Gasteiger partial charge on any atom is 0.313 e. The van der Waals surface area contributed by atoms with Gasteiger partial charge in [0.25, 0.3) is 0 Å². The van der Waals surface area contributed by atoms with E-state index in [4.69, 9.17) is 28.4 Å². The van der Waals surface area contributed by atoms with Crippen LogP contribution in [0, 0.1) is 5.92 Å². The average molecular weight is 611 g/mol. The molecular weight excluding hydrogens is 564 g/mol. The van der Waals surface area contributed by atoms with Crippen LogP contribution in [0.1, 0.15) is 49.3 Å². The molecule has 0 saturated carbocycles. The molecule has 3 aromatic rings. The summed E-state index contributed by atoms with van der Waals surface area (Å²) in [6.07, 6.45) is 0.797. The maximum absolute atomic E-state index is 12.5. The Bertz CT molecular complexity index is 1290. The van der Waals surface area contributed by atoms with Gasteiger partial charge < -0.3 is 33.5 Å². The molecule has 3 atom stereocenters. The second kappa shape index (κ2) is 19.0. The normalized spacial score (nSPS) is 13.3. The summed E-state index contributed by atoms with van der Waals surface area (Å²) in [7, 11) is 1.64. The molecule has 0 aliphatic carbocycles. The van der Waals surface area contributed by atoms with E-state index < -0.39 is 0 Å². The van der Waals surface area contributed by atoms with Gasteiger partial charge in [-0.2, -0.15) is 0 Å². The molecule has 3 aromatic carbocycles. The Morgan fingerprint density at radius 3 is 1.66 bits per heavy atom. The zero-order chi connectivity index (χ0) is 31.7. The van der Waals surface area contributed by atoms with Crippen LogP contribution in [0.3, 0.4) is 0 Å². The quantitative estimate of drug-likeness (QED) is 0.139. The van der Waals surface area contributed by atoms with Gasteiger partial charge in [0.05, 0.1) is 58.6 Å². The molecule has 3 unspecified atom stereocenters. The van der Waals surface area contributed by atoms with Crippen molar-refractivity contribution in [3.8, 4) is 5.75 Å². The molecule has 0 amide bonds. The summed E-state index contributed by atoms with van der Waals surface area (Å²) in [4.78, 5) is 24.8. The van der Waals surface area contributed by atoms with E-state index in [1.54, 1.807) is 7.11 Å². The van der Waals surface area contributed by atoms with Crippen molar-refractivity contribution in [1.82, 2.24) is 0 Å². The highest BCUT2D eigenvalue weighted by atomic mass is 16.6. The van der Waals surface area contributed by atoms with Crippen molar-refractivity contribution in [2.75, 3.05) is 66.6 Å². The number of carbonyl (C=O) groups excluding carboxylic acids is 2. The molecule has 3 rings (SSSR count). The van der Waals surface area contributed by atoms with Crippen LogP contribution in [-0.2, 0) is 39.7 Å². The summed E-state index contributed by atoms with van der Waals surface area (Å²) in [6, 6.07) is 19.6. The number of methoxy groups -OCH3 is 1. The first kappa shape index (κ1) is 35.0. The predicted octanol–water partition coefficient (Wildman–Crippen LogP) is 5.06.